The zero-order valence-electron chi connectivity index (χ0n) is 10.5. The molecule has 3 rings (SSSR count). The predicted octanol–water partition coefficient (Wildman–Crippen LogP) is 2.72. The van der Waals surface area contributed by atoms with Gasteiger partial charge in [-0.2, -0.15) is 0 Å². The molecule has 0 aromatic heterocycles. The second-order valence-corrected chi connectivity index (χ2v) is 6.24. The van der Waals surface area contributed by atoms with Gasteiger partial charge in [0.05, 0.1) is 6.10 Å². The van der Waals surface area contributed by atoms with Gasteiger partial charge in [0.25, 0.3) is 0 Å². The van der Waals surface area contributed by atoms with Gasteiger partial charge < -0.3 is 10.1 Å². The summed E-state index contributed by atoms with van der Waals surface area (Å²) in [6.07, 6.45) is 11.7. The summed E-state index contributed by atoms with van der Waals surface area (Å²) in [5.41, 5.74) is 0.750. The molecule has 16 heavy (non-hydrogen) atoms. The Labute approximate surface area is 99.1 Å². The third-order valence-corrected chi connectivity index (χ3v) is 5.04. The van der Waals surface area contributed by atoms with Crippen LogP contribution in [0.4, 0.5) is 0 Å². The van der Waals surface area contributed by atoms with E-state index in [4.69, 9.17) is 4.74 Å². The fourth-order valence-electron chi connectivity index (χ4n) is 3.48. The summed E-state index contributed by atoms with van der Waals surface area (Å²) in [5, 5.41) is 3.83. The highest BCUT2D eigenvalue weighted by atomic mass is 16.5. The van der Waals surface area contributed by atoms with E-state index in [-0.39, 0.29) is 0 Å². The summed E-state index contributed by atoms with van der Waals surface area (Å²) in [6.45, 7) is 1.29. The number of hydrogen-bond donors (Lipinski definition) is 1. The lowest BCUT2D eigenvalue weighted by Gasteiger charge is -2.30. The zero-order valence-corrected chi connectivity index (χ0v) is 10.5. The van der Waals surface area contributed by atoms with Crippen LogP contribution in [0, 0.1) is 11.3 Å². The number of ether oxygens (including phenoxy) is 1. The van der Waals surface area contributed by atoms with Crippen molar-refractivity contribution in [3.8, 4) is 0 Å². The van der Waals surface area contributed by atoms with E-state index in [9.17, 15) is 0 Å². The summed E-state index contributed by atoms with van der Waals surface area (Å²) < 4.78 is 5.49. The highest BCUT2D eigenvalue weighted by molar-refractivity contribution is 5.05. The first-order chi connectivity index (χ1) is 7.82. The second kappa shape index (κ2) is 4.30. The Hall–Kier alpha value is -0.0800. The minimum Gasteiger partial charge on any atom is -0.381 e. The average Bonchev–Trinajstić information content (AvgIpc) is 3.17. The van der Waals surface area contributed by atoms with Crippen LogP contribution in [-0.4, -0.2) is 25.8 Å². The molecule has 0 aliphatic heterocycles. The molecule has 2 atom stereocenters. The molecule has 2 heteroatoms. The molecule has 3 saturated carbocycles. The molecule has 3 aliphatic carbocycles. The van der Waals surface area contributed by atoms with Crippen LogP contribution in [-0.2, 0) is 4.74 Å². The van der Waals surface area contributed by atoms with Crippen molar-refractivity contribution in [3.05, 3.63) is 0 Å². The first-order valence-corrected chi connectivity index (χ1v) is 7.09. The summed E-state index contributed by atoms with van der Waals surface area (Å²) in [5.74, 6) is 1.09. The summed E-state index contributed by atoms with van der Waals surface area (Å²) in [4.78, 5) is 0. The van der Waals surface area contributed by atoms with Crippen molar-refractivity contribution < 1.29 is 4.74 Å². The lowest BCUT2D eigenvalue weighted by molar-refractivity contribution is 0.0577. The highest BCUT2D eigenvalue weighted by Gasteiger charge is 2.53. The van der Waals surface area contributed by atoms with Gasteiger partial charge in [-0.1, -0.05) is 0 Å². The van der Waals surface area contributed by atoms with E-state index in [2.05, 4.69) is 5.32 Å². The lowest BCUT2D eigenvalue weighted by atomic mass is 9.91. The van der Waals surface area contributed by atoms with Crippen LogP contribution in [0.2, 0.25) is 0 Å². The van der Waals surface area contributed by atoms with Crippen molar-refractivity contribution in [2.45, 2.75) is 63.5 Å². The molecule has 2 nitrogen and oxygen atoms in total. The van der Waals surface area contributed by atoms with Gasteiger partial charge in [0, 0.05) is 19.7 Å². The lowest BCUT2D eigenvalue weighted by Crippen LogP contribution is -2.40. The molecule has 3 fully saturated rings. The van der Waals surface area contributed by atoms with Crippen molar-refractivity contribution in [3.63, 3.8) is 0 Å². The maximum atomic E-state index is 5.49. The van der Waals surface area contributed by atoms with Crippen molar-refractivity contribution in [2.24, 2.45) is 11.3 Å². The molecular formula is C14H25NO. The minimum atomic E-state index is 0.516. The number of methoxy groups -OCH3 is 1. The zero-order chi connectivity index (χ0) is 11.0. The fourth-order valence-corrected chi connectivity index (χ4v) is 3.48. The van der Waals surface area contributed by atoms with Gasteiger partial charge >= 0.3 is 0 Å². The highest BCUT2D eigenvalue weighted by Crippen LogP contribution is 2.60. The first-order valence-electron chi connectivity index (χ1n) is 7.09. The second-order valence-electron chi connectivity index (χ2n) is 6.24. The average molecular weight is 223 g/mol. The van der Waals surface area contributed by atoms with Gasteiger partial charge in [-0.05, 0) is 62.7 Å². The van der Waals surface area contributed by atoms with Crippen molar-refractivity contribution in [1.82, 2.24) is 5.32 Å². The van der Waals surface area contributed by atoms with Gasteiger partial charge in [-0.15, -0.1) is 0 Å². The maximum Gasteiger partial charge on any atom is 0.0586 e. The van der Waals surface area contributed by atoms with Crippen LogP contribution in [0.1, 0.15) is 51.4 Å². The van der Waals surface area contributed by atoms with Crippen LogP contribution in [0.25, 0.3) is 0 Å². The van der Waals surface area contributed by atoms with E-state index in [1.807, 2.05) is 7.11 Å². The van der Waals surface area contributed by atoms with Crippen LogP contribution in [0.5, 0.6) is 0 Å². The summed E-state index contributed by atoms with van der Waals surface area (Å²) in [7, 11) is 1.86. The maximum absolute atomic E-state index is 5.49. The molecule has 92 valence electrons. The Bertz CT molecular complexity index is 245. The molecule has 0 saturated heterocycles. The molecule has 2 unspecified atom stereocenters. The van der Waals surface area contributed by atoms with Crippen LogP contribution in [0.3, 0.4) is 0 Å². The van der Waals surface area contributed by atoms with Crippen molar-refractivity contribution >= 4 is 0 Å². The molecule has 0 radical (unpaired) electrons. The largest absolute Gasteiger partial charge is 0.381 e. The smallest absolute Gasteiger partial charge is 0.0586 e. The topological polar surface area (TPSA) is 21.3 Å². The third-order valence-electron chi connectivity index (χ3n) is 5.04. The normalized spacial score (nSPS) is 37.3. The molecule has 0 amide bonds. The van der Waals surface area contributed by atoms with Crippen LogP contribution in [0.15, 0.2) is 0 Å². The summed E-state index contributed by atoms with van der Waals surface area (Å²) >= 11 is 0. The van der Waals surface area contributed by atoms with Crippen LogP contribution < -0.4 is 5.32 Å². The summed E-state index contributed by atoms with van der Waals surface area (Å²) in [6, 6.07) is 0.731. The van der Waals surface area contributed by atoms with E-state index in [1.165, 1.54) is 57.9 Å². The molecule has 0 heterocycles. The molecule has 3 aliphatic rings. The Morgan fingerprint density at radius 1 is 1.19 bits per heavy atom. The Morgan fingerprint density at radius 2 is 2.00 bits per heavy atom. The van der Waals surface area contributed by atoms with Gasteiger partial charge in [-0.3, -0.25) is 0 Å². The Kier molecular flexibility index (Phi) is 2.97. The van der Waals surface area contributed by atoms with Gasteiger partial charge in [-0.25, -0.2) is 0 Å². The molecule has 0 bridgehead atoms. The van der Waals surface area contributed by atoms with Gasteiger partial charge in [0.15, 0.2) is 0 Å². The van der Waals surface area contributed by atoms with E-state index in [0.717, 1.165) is 17.4 Å². The molecule has 0 aromatic rings. The predicted molar refractivity (Wildman–Crippen MR) is 65.4 cm³/mol. The fraction of sp³-hybridized carbons (Fsp3) is 1.00. The van der Waals surface area contributed by atoms with Gasteiger partial charge in [0.2, 0.25) is 0 Å². The third kappa shape index (κ3) is 2.28. The van der Waals surface area contributed by atoms with E-state index >= 15 is 0 Å². The minimum absolute atomic E-state index is 0.516. The number of nitrogens with one attached hydrogen (secondary N) is 1. The van der Waals surface area contributed by atoms with Crippen molar-refractivity contribution in [2.75, 3.05) is 13.7 Å². The van der Waals surface area contributed by atoms with E-state index in [0.29, 0.717) is 6.10 Å². The monoisotopic (exact) mass is 223 g/mol. The van der Waals surface area contributed by atoms with Crippen LogP contribution >= 0.6 is 0 Å². The SMILES string of the molecule is COC1CCCC(NCC2(C3CC3)CC2)C1. The molecule has 0 aromatic carbocycles. The molecule has 1 N–H and O–H groups in total. The van der Waals surface area contributed by atoms with E-state index in [1.54, 1.807) is 0 Å². The first kappa shape index (κ1) is 11.0. The quantitative estimate of drug-likeness (QED) is 0.774. The molecule has 0 spiro atoms. The number of rotatable bonds is 5. The Balaban J connectivity index is 1.44. The standard InChI is InChI=1S/C14H25NO/c1-16-13-4-2-3-12(9-13)15-10-14(7-8-14)11-5-6-11/h11-13,15H,2-10H2,1H3. The molecular weight excluding hydrogens is 198 g/mol. The Morgan fingerprint density at radius 3 is 2.62 bits per heavy atom. The van der Waals surface area contributed by atoms with Gasteiger partial charge in [0.1, 0.15) is 0 Å². The van der Waals surface area contributed by atoms with Crippen molar-refractivity contribution in [1.29, 1.82) is 0 Å². The number of hydrogen-bond acceptors (Lipinski definition) is 2. The van der Waals surface area contributed by atoms with E-state index < -0.39 is 0 Å².